The van der Waals surface area contributed by atoms with E-state index in [9.17, 15) is 4.79 Å². The van der Waals surface area contributed by atoms with Gasteiger partial charge in [-0.25, -0.2) is 4.98 Å². The van der Waals surface area contributed by atoms with Crippen molar-refractivity contribution in [2.75, 3.05) is 18.8 Å². The summed E-state index contributed by atoms with van der Waals surface area (Å²) in [5, 5.41) is 10.2. The lowest BCUT2D eigenvalue weighted by molar-refractivity contribution is -0.129. The highest BCUT2D eigenvalue weighted by molar-refractivity contribution is 7.99. The van der Waals surface area contributed by atoms with Crippen LogP contribution in [0.25, 0.3) is 22.1 Å². The molecule has 1 aliphatic heterocycles. The van der Waals surface area contributed by atoms with E-state index in [0.29, 0.717) is 10.9 Å². The average Bonchev–Trinajstić information content (AvgIpc) is 3.03. The highest BCUT2D eigenvalue weighted by Gasteiger charge is 2.20. The first-order valence-electron chi connectivity index (χ1n) is 9.19. The maximum absolute atomic E-state index is 12.4. The van der Waals surface area contributed by atoms with Crippen LogP contribution in [0.2, 0.25) is 0 Å². The molecule has 1 fully saturated rings. The maximum atomic E-state index is 12.4. The van der Waals surface area contributed by atoms with Crippen molar-refractivity contribution in [2.45, 2.75) is 38.3 Å². The molecule has 1 amide bonds. The number of piperidine rings is 1. The fourth-order valence-electron chi connectivity index (χ4n) is 3.36. The van der Waals surface area contributed by atoms with Crippen molar-refractivity contribution in [1.29, 1.82) is 0 Å². The Balaban J connectivity index is 1.49. The fourth-order valence-corrected chi connectivity index (χ4v) is 4.05. The number of nitrogens with zero attached hydrogens (tertiary/aromatic N) is 4. The van der Waals surface area contributed by atoms with Crippen LogP contribution in [0.5, 0.6) is 0 Å². The second kappa shape index (κ2) is 7.23. The van der Waals surface area contributed by atoms with Gasteiger partial charge < -0.3 is 9.88 Å². The summed E-state index contributed by atoms with van der Waals surface area (Å²) in [6.07, 6.45) is 3.17. The molecule has 4 rings (SSSR count). The van der Waals surface area contributed by atoms with Gasteiger partial charge in [0.1, 0.15) is 5.52 Å². The number of rotatable bonds is 4. The first-order chi connectivity index (χ1) is 12.6. The van der Waals surface area contributed by atoms with Crippen molar-refractivity contribution in [2.24, 2.45) is 5.92 Å². The van der Waals surface area contributed by atoms with Crippen molar-refractivity contribution in [1.82, 2.24) is 25.1 Å². The summed E-state index contributed by atoms with van der Waals surface area (Å²) < 4.78 is 0. The number of aryl methyl sites for hydroxylation is 1. The summed E-state index contributed by atoms with van der Waals surface area (Å²) in [5.41, 5.74) is 3.79. The SMILES string of the molecule is CCc1ccc2[nH]c3nc(SCC(=O)N4CCC(C)CC4)nnc3c2c1. The van der Waals surface area contributed by atoms with Crippen molar-refractivity contribution in [3.05, 3.63) is 23.8 Å². The van der Waals surface area contributed by atoms with Gasteiger partial charge >= 0.3 is 0 Å². The summed E-state index contributed by atoms with van der Waals surface area (Å²) in [4.78, 5) is 22.2. The van der Waals surface area contributed by atoms with Gasteiger partial charge in [0.2, 0.25) is 11.1 Å². The molecule has 3 heterocycles. The van der Waals surface area contributed by atoms with Crippen LogP contribution < -0.4 is 0 Å². The van der Waals surface area contributed by atoms with Gasteiger partial charge in [0.25, 0.3) is 0 Å². The highest BCUT2D eigenvalue weighted by Crippen LogP contribution is 2.25. The van der Waals surface area contributed by atoms with Gasteiger partial charge in [-0.3, -0.25) is 4.79 Å². The molecule has 1 aromatic carbocycles. The molecule has 6 nitrogen and oxygen atoms in total. The van der Waals surface area contributed by atoms with Gasteiger partial charge in [0.15, 0.2) is 5.65 Å². The largest absolute Gasteiger partial charge is 0.342 e. The second-order valence-electron chi connectivity index (χ2n) is 7.00. The van der Waals surface area contributed by atoms with Gasteiger partial charge in [-0.2, -0.15) is 0 Å². The molecule has 2 aromatic heterocycles. The predicted octanol–water partition coefficient (Wildman–Crippen LogP) is 3.42. The van der Waals surface area contributed by atoms with Crippen LogP contribution in [-0.4, -0.2) is 49.8 Å². The number of carbonyl (C=O) groups is 1. The molecule has 0 atom stereocenters. The summed E-state index contributed by atoms with van der Waals surface area (Å²) in [6, 6.07) is 6.31. The number of aromatic amines is 1. The van der Waals surface area contributed by atoms with E-state index in [-0.39, 0.29) is 5.91 Å². The fraction of sp³-hybridized carbons (Fsp3) is 0.474. The van der Waals surface area contributed by atoms with Crippen LogP contribution in [0, 0.1) is 5.92 Å². The predicted molar refractivity (Wildman–Crippen MR) is 104 cm³/mol. The number of hydrogen-bond donors (Lipinski definition) is 1. The Hall–Kier alpha value is -2.15. The van der Waals surface area contributed by atoms with Gasteiger partial charge in [-0.1, -0.05) is 31.7 Å². The number of thioether (sulfide) groups is 1. The molecule has 0 radical (unpaired) electrons. The summed E-state index contributed by atoms with van der Waals surface area (Å²) in [7, 11) is 0. The molecule has 0 aliphatic carbocycles. The molecule has 1 saturated heterocycles. The zero-order valence-corrected chi connectivity index (χ0v) is 16.0. The summed E-state index contributed by atoms with van der Waals surface area (Å²) >= 11 is 1.36. The maximum Gasteiger partial charge on any atom is 0.233 e. The number of benzene rings is 1. The number of aromatic nitrogens is 4. The summed E-state index contributed by atoms with van der Waals surface area (Å²) in [6.45, 7) is 6.10. The number of nitrogens with one attached hydrogen (secondary N) is 1. The molecule has 1 N–H and O–H groups in total. The molecular weight excluding hydrogens is 346 g/mol. The van der Waals surface area contributed by atoms with E-state index in [1.807, 2.05) is 4.90 Å². The molecule has 0 bridgehead atoms. The molecule has 0 spiro atoms. The molecule has 0 unspecified atom stereocenters. The molecule has 0 saturated carbocycles. The Bertz CT molecular complexity index is 946. The van der Waals surface area contributed by atoms with E-state index in [0.717, 1.165) is 60.3 Å². The Kier molecular flexibility index (Phi) is 4.80. The Morgan fingerprint density at radius 1 is 1.31 bits per heavy atom. The quantitative estimate of drug-likeness (QED) is 0.713. The van der Waals surface area contributed by atoms with E-state index in [1.54, 1.807) is 0 Å². The third-order valence-corrected chi connectivity index (χ3v) is 5.95. The lowest BCUT2D eigenvalue weighted by Gasteiger charge is -2.30. The van der Waals surface area contributed by atoms with Crippen LogP contribution in [0.15, 0.2) is 23.4 Å². The Labute approximate surface area is 156 Å². The standard InChI is InChI=1S/C19H23N5OS/c1-3-13-4-5-15-14(10-13)17-18(20-15)21-19(23-22-17)26-11-16(25)24-8-6-12(2)7-9-24/h4-5,10,12H,3,6-9,11H2,1-2H3,(H,20,21,23). The lowest BCUT2D eigenvalue weighted by Crippen LogP contribution is -2.38. The first-order valence-corrected chi connectivity index (χ1v) is 10.2. The average molecular weight is 369 g/mol. The van der Waals surface area contributed by atoms with E-state index in [1.165, 1.54) is 17.3 Å². The van der Waals surface area contributed by atoms with E-state index in [2.05, 4.69) is 52.2 Å². The molecule has 3 aromatic rings. The normalized spacial score (nSPS) is 15.8. The van der Waals surface area contributed by atoms with Crippen molar-refractivity contribution in [3.8, 4) is 0 Å². The second-order valence-corrected chi connectivity index (χ2v) is 7.94. The Morgan fingerprint density at radius 2 is 2.12 bits per heavy atom. The molecule has 136 valence electrons. The smallest absolute Gasteiger partial charge is 0.233 e. The first kappa shape index (κ1) is 17.3. The molecular formula is C19H23N5OS. The van der Waals surface area contributed by atoms with E-state index < -0.39 is 0 Å². The van der Waals surface area contributed by atoms with Crippen LogP contribution in [-0.2, 0) is 11.2 Å². The minimum absolute atomic E-state index is 0.162. The van der Waals surface area contributed by atoms with Crippen molar-refractivity contribution in [3.63, 3.8) is 0 Å². The number of H-pyrrole nitrogens is 1. The van der Waals surface area contributed by atoms with Gasteiger partial charge in [-0.05, 0) is 42.9 Å². The van der Waals surface area contributed by atoms with E-state index >= 15 is 0 Å². The van der Waals surface area contributed by atoms with Crippen LogP contribution in [0.4, 0.5) is 0 Å². The molecule has 1 aliphatic rings. The topological polar surface area (TPSA) is 74.8 Å². The van der Waals surface area contributed by atoms with Gasteiger partial charge in [0.05, 0.1) is 5.75 Å². The number of likely N-dealkylation sites (tertiary alicyclic amines) is 1. The third kappa shape index (κ3) is 3.40. The third-order valence-electron chi connectivity index (χ3n) is 5.13. The van der Waals surface area contributed by atoms with Gasteiger partial charge in [-0.15, -0.1) is 10.2 Å². The van der Waals surface area contributed by atoms with E-state index in [4.69, 9.17) is 0 Å². The monoisotopic (exact) mass is 369 g/mol. The molecule has 7 heteroatoms. The number of carbonyl (C=O) groups excluding carboxylic acids is 1. The van der Waals surface area contributed by atoms with Crippen molar-refractivity contribution < 1.29 is 4.79 Å². The number of amides is 1. The minimum Gasteiger partial charge on any atom is -0.342 e. The number of fused-ring (bicyclic) bond motifs is 3. The lowest BCUT2D eigenvalue weighted by atomic mass is 9.99. The van der Waals surface area contributed by atoms with Crippen LogP contribution in [0.3, 0.4) is 0 Å². The molecule has 26 heavy (non-hydrogen) atoms. The zero-order chi connectivity index (χ0) is 18.1. The zero-order valence-electron chi connectivity index (χ0n) is 15.2. The van der Waals surface area contributed by atoms with Crippen LogP contribution in [0.1, 0.15) is 32.3 Å². The number of hydrogen-bond acceptors (Lipinski definition) is 5. The van der Waals surface area contributed by atoms with Crippen molar-refractivity contribution >= 4 is 39.7 Å². The highest BCUT2D eigenvalue weighted by atomic mass is 32.2. The Morgan fingerprint density at radius 3 is 2.88 bits per heavy atom. The summed E-state index contributed by atoms with van der Waals surface area (Å²) in [5.74, 6) is 1.24. The minimum atomic E-state index is 0.162. The van der Waals surface area contributed by atoms with Gasteiger partial charge in [0, 0.05) is 24.0 Å². The van der Waals surface area contributed by atoms with Crippen LogP contribution >= 0.6 is 11.8 Å².